The Morgan fingerprint density at radius 3 is 2.57 bits per heavy atom. The molecule has 5 nitrogen and oxygen atoms in total. The predicted molar refractivity (Wildman–Crippen MR) is 84.3 cm³/mol. The van der Waals surface area contributed by atoms with Gasteiger partial charge >= 0.3 is 0 Å². The average Bonchev–Trinajstić information content (AvgIpc) is 2.43. The minimum atomic E-state index is -2.78. The number of hydrogen-bond donors (Lipinski definition) is 3. The molecule has 0 aromatic rings. The average molecular weight is 301 g/mol. The second kappa shape index (κ2) is 10.0. The van der Waals surface area contributed by atoms with Gasteiger partial charge in [0.15, 0.2) is 0 Å². The Kier molecular flexibility index (Phi) is 9.20. The number of aliphatic imine (C=N–C) groups is 2. The van der Waals surface area contributed by atoms with Crippen molar-refractivity contribution in [1.29, 1.82) is 0 Å². The van der Waals surface area contributed by atoms with Crippen molar-refractivity contribution in [3.05, 3.63) is 24.2 Å². The zero-order chi connectivity index (χ0) is 16.3. The standard InChI is InChI=1S/C14H25F2N5/c1-5-7-11(3)20-13(21-17)8-12(4)19-10-18-9-14(15,16)6-2/h8,10,20-21H,3,5-7,9,17H2,1-2,4H3/b13-8-,18-10?,19-12?. The summed E-state index contributed by atoms with van der Waals surface area (Å²) in [6.45, 7) is 8.47. The van der Waals surface area contributed by atoms with E-state index in [1.165, 1.54) is 6.92 Å². The van der Waals surface area contributed by atoms with Crippen LogP contribution in [0, 0.1) is 0 Å². The number of nitrogens with two attached hydrogens (primary N) is 1. The SMILES string of the molecule is C=C(CCC)N/C(=C/C(C)=NC=NCC(F)(F)CC)NN. The first kappa shape index (κ1) is 19.2. The molecule has 0 aliphatic rings. The number of nitrogens with one attached hydrogen (secondary N) is 2. The van der Waals surface area contributed by atoms with E-state index in [1.807, 2.05) is 6.92 Å². The molecule has 0 radical (unpaired) electrons. The van der Waals surface area contributed by atoms with Crippen LogP contribution < -0.4 is 16.6 Å². The number of nitrogens with zero attached hydrogens (tertiary/aromatic N) is 2. The summed E-state index contributed by atoms with van der Waals surface area (Å²) in [5.74, 6) is 3.14. The number of hydrazine groups is 1. The molecule has 0 spiro atoms. The minimum absolute atomic E-state index is 0.238. The Hall–Kier alpha value is -1.76. The quantitative estimate of drug-likeness (QED) is 0.251. The highest BCUT2D eigenvalue weighted by Gasteiger charge is 2.24. The van der Waals surface area contributed by atoms with Gasteiger partial charge in [-0.1, -0.05) is 26.8 Å². The van der Waals surface area contributed by atoms with Gasteiger partial charge in [-0.05, 0) is 13.3 Å². The van der Waals surface area contributed by atoms with Crippen molar-refractivity contribution >= 4 is 12.1 Å². The molecule has 0 aromatic carbocycles. The van der Waals surface area contributed by atoms with Gasteiger partial charge < -0.3 is 10.7 Å². The van der Waals surface area contributed by atoms with Crippen LogP contribution in [0.5, 0.6) is 0 Å². The molecule has 0 aliphatic carbocycles. The summed E-state index contributed by atoms with van der Waals surface area (Å²) >= 11 is 0. The van der Waals surface area contributed by atoms with Gasteiger partial charge in [0.1, 0.15) is 18.7 Å². The fraction of sp³-hybridized carbons (Fsp3) is 0.571. The lowest BCUT2D eigenvalue weighted by atomic mass is 10.3. The summed E-state index contributed by atoms with van der Waals surface area (Å²) in [7, 11) is 0. The highest BCUT2D eigenvalue weighted by atomic mass is 19.3. The van der Waals surface area contributed by atoms with Gasteiger partial charge in [0.05, 0.1) is 0 Å². The molecule has 0 saturated carbocycles. The topological polar surface area (TPSA) is 74.8 Å². The monoisotopic (exact) mass is 301 g/mol. The molecule has 0 atom stereocenters. The van der Waals surface area contributed by atoms with E-state index in [1.54, 1.807) is 13.0 Å². The van der Waals surface area contributed by atoms with Gasteiger partial charge in [-0.25, -0.2) is 19.6 Å². The third-order valence-electron chi connectivity index (χ3n) is 2.55. The molecule has 7 heteroatoms. The summed E-state index contributed by atoms with van der Waals surface area (Å²) in [5.41, 5.74) is 3.89. The number of allylic oxidation sites excluding steroid dienone is 2. The molecule has 0 fully saturated rings. The van der Waals surface area contributed by atoms with Gasteiger partial charge in [-0.2, -0.15) is 0 Å². The van der Waals surface area contributed by atoms with Gasteiger partial charge in [-0.15, -0.1) is 0 Å². The Balaban J connectivity index is 4.56. The van der Waals surface area contributed by atoms with E-state index in [-0.39, 0.29) is 6.42 Å². The van der Waals surface area contributed by atoms with Crippen molar-refractivity contribution in [1.82, 2.24) is 10.7 Å². The predicted octanol–water partition coefficient (Wildman–Crippen LogP) is 2.73. The molecule has 0 aromatic heterocycles. The normalized spacial score (nSPS) is 13.6. The van der Waals surface area contributed by atoms with Gasteiger partial charge in [-0.3, -0.25) is 4.99 Å². The Morgan fingerprint density at radius 1 is 1.38 bits per heavy atom. The number of halogens is 2. The lowest BCUT2D eigenvalue weighted by Crippen LogP contribution is -2.31. The first-order valence-corrected chi connectivity index (χ1v) is 6.88. The van der Waals surface area contributed by atoms with E-state index in [4.69, 9.17) is 5.84 Å². The fourth-order valence-electron chi connectivity index (χ4n) is 1.33. The van der Waals surface area contributed by atoms with Crippen LogP contribution in [0.3, 0.4) is 0 Å². The summed E-state index contributed by atoms with van der Waals surface area (Å²) in [6, 6.07) is 0. The van der Waals surface area contributed by atoms with Crippen LogP contribution in [0.15, 0.2) is 34.2 Å². The van der Waals surface area contributed by atoms with Crippen LogP contribution in [0.25, 0.3) is 0 Å². The Morgan fingerprint density at radius 2 is 2.05 bits per heavy atom. The maximum atomic E-state index is 12.9. The minimum Gasteiger partial charge on any atom is -0.345 e. The molecule has 0 saturated heterocycles. The third-order valence-corrected chi connectivity index (χ3v) is 2.55. The van der Waals surface area contributed by atoms with Crippen LogP contribution in [-0.4, -0.2) is 24.5 Å². The first-order valence-electron chi connectivity index (χ1n) is 6.88. The summed E-state index contributed by atoms with van der Waals surface area (Å²) < 4.78 is 25.9. The molecule has 0 amide bonds. The number of hydrogen-bond acceptors (Lipinski definition) is 4. The molecule has 21 heavy (non-hydrogen) atoms. The lowest BCUT2D eigenvalue weighted by Gasteiger charge is -2.11. The van der Waals surface area contributed by atoms with Crippen LogP contribution in [0.4, 0.5) is 8.78 Å². The maximum Gasteiger partial charge on any atom is 0.267 e. The van der Waals surface area contributed by atoms with E-state index in [9.17, 15) is 8.78 Å². The zero-order valence-electron chi connectivity index (χ0n) is 12.9. The van der Waals surface area contributed by atoms with Gasteiger partial charge in [0.25, 0.3) is 5.92 Å². The van der Waals surface area contributed by atoms with Crippen molar-refractivity contribution in [3.8, 4) is 0 Å². The maximum absolute atomic E-state index is 12.9. The Bertz CT molecular complexity index is 414. The van der Waals surface area contributed by atoms with Crippen LogP contribution in [0.1, 0.15) is 40.0 Å². The zero-order valence-corrected chi connectivity index (χ0v) is 12.9. The second-order valence-corrected chi connectivity index (χ2v) is 4.62. The van der Waals surface area contributed by atoms with Crippen LogP contribution in [-0.2, 0) is 0 Å². The lowest BCUT2D eigenvalue weighted by molar-refractivity contribution is 0.00779. The van der Waals surface area contributed by atoms with Crippen LogP contribution >= 0.6 is 0 Å². The van der Waals surface area contributed by atoms with Gasteiger partial charge in [0, 0.05) is 23.9 Å². The number of alkyl halides is 2. The van der Waals surface area contributed by atoms with E-state index < -0.39 is 12.5 Å². The third kappa shape index (κ3) is 9.73. The smallest absolute Gasteiger partial charge is 0.267 e. The number of rotatable bonds is 10. The highest BCUT2D eigenvalue weighted by Crippen LogP contribution is 2.17. The van der Waals surface area contributed by atoms with E-state index >= 15 is 0 Å². The van der Waals surface area contributed by atoms with Gasteiger partial charge in [0.2, 0.25) is 0 Å². The molecular weight excluding hydrogens is 276 g/mol. The Labute approximate surface area is 125 Å². The molecule has 120 valence electrons. The largest absolute Gasteiger partial charge is 0.345 e. The van der Waals surface area contributed by atoms with Crippen molar-refractivity contribution < 1.29 is 8.78 Å². The summed E-state index contributed by atoms with van der Waals surface area (Å²) in [4.78, 5) is 7.55. The van der Waals surface area contributed by atoms with Crippen molar-refractivity contribution in [2.75, 3.05) is 6.54 Å². The molecule has 0 rings (SSSR count). The molecule has 0 aliphatic heterocycles. The summed E-state index contributed by atoms with van der Waals surface area (Å²) in [6.07, 6.45) is 4.32. The van der Waals surface area contributed by atoms with Crippen molar-refractivity contribution in [3.63, 3.8) is 0 Å². The molecule has 0 unspecified atom stereocenters. The first-order chi connectivity index (χ1) is 9.84. The molecular formula is C14H25F2N5. The fourth-order valence-corrected chi connectivity index (χ4v) is 1.33. The molecule has 0 heterocycles. The molecule has 4 N–H and O–H groups in total. The van der Waals surface area contributed by atoms with E-state index in [2.05, 4.69) is 27.3 Å². The second-order valence-electron chi connectivity index (χ2n) is 4.62. The summed E-state index contributed by atoms with van der Waals surface area (Å²) in [5, 5.41) is 3.01. The van der Waals surface area contributed by atoms with E-state index in [0.29, 0.717) is 11.5 Å². The van der Waals surface area contributed by atoms with Crippen molar-refractivity contribution in [2.24, 2.45) is 15.8 Å². The van der Waals surface area contributed by atoms with Crippen LogP contribution in [0.2, 0.25) is 0 Å². The molecule has 0 bridgehead atoms. The van der Waals surface area contributed by atoms with Crippen molar-refractivity contribution in [2.45, 2.75) is 46.0 Å². The highest BCUT2D eigenvalue weighted by molar-refractivity contribution is 5.97. The van der Waals surface area contributed by atoms with E-state index in [0.717, 1.165) is 24.9 Å².